The molecule has 0 amide bonds. The van der Waals surface area contributed by atoms with E-state index in [9.17, 15) is 0 Å². The third-order valence-electron chi connectivity index (χ3n) is 2.68. The normalized spacial score (nSPS) is 12.3. The quantitative estimate of drug-likeness (QED) is 0.751. The lowest BCUT2D eigenvalue weighted by molar-refractivity contribution is 0.416. The first-order chi connectivity index (χ1) is 9.01. The highest BCUT2D eigenvalue weighted by Gasteiger charge is 2.15. The van der Waals surface area contributed by atoms with E-state index in [1.807, 2.05) is 25.1 Å². The van der Waals surface area contributed by atoms with Gasteiger partial charge in [-0.2, -0.15) is 0 Å². The van der Waals surface area contributed by atoms with E-state index in [1.54, 1.807) is 13.2 Å². The summed E-state index contributed by atoms with van der Waals surface area (Å²) < 4.78 is 6.65. The third kappa shape index (κ3) is 3.48. The summed E-state index contributed by atoms with van der Waals surface area (Å²) in [7, 11) is 1.62. The minimum atomic E-state index is 0.00335. The molecule has 1 heterocycles. The van der Waals surface area contributed by atoms with Crippen LogP contribution in [0.15, 0.2) is 24.3 Å². The molecule has 1 atom stereocenters. The Hall–Kier alpha value is -0.610. The van der Waals surface area contributed by atoms with Crippen LogP contribution in [0.3, 0.4) is 0 Å². The van der Waals surface area contributed by atoms with Crippen molar-refractivity contribution in [3.63, 3.8) is 0 Å². The monoisotopic (exact) mass is 335 g/mol. The molecule has 0 bridgehead atoms. The van der Waals surface area contributed by atoms with Gasteiger partial charge in [-0.15, -0.1) is 11.3 Å². The van der Waals surface area contributed by atoms with E-state index in [2.05, 4.69) is 5.32 Å². The van der Waals surface area contributed by atoms with E-state index >= 15 is 0 Å². The van der Waals surface area contributed by atoms with Crippen LogP contribution in [-0.2, 0) is 0 Å². The Kier molecular flexibility index (Phi) is 4.85. The number of halogens is 3. The lowest BCUT2D eigenvalue weighted by atomic mass is 10.1. The summed E-state index contributed by atoms with van der Waals surface area (Å²) in [4.78, 5) is 0. The summed E-state index contributed by atoms with van der Waals surface area (Å²) in [6.07, 6.45) is 0. The number of methoxy groups -OCH3 is 1. The van der Waals surface area contributed by atoms with Gasteiger partial charge in [0.25, 0.3) is 0 Å². The fourth-order valence-electron chi connectivity index (χ4n) is 1.75. The number of nitrogens with one attached hydrogen (secondary N) is 1. The van der Waals surface area contributed by atoms with Crippen molar-refractivity contribution in [2.24, 2.45) is 0 Å². The van der Waals surface area contributed by atoms with E-state index in [4.69, 9.17) is 39.5 Å². The number of benzene rings is 1. The van der Waals surface area contributed by atoms with Crippen LogP contribution in [0.1, 0.15) is 18.5 Å². The SMILES string of the molecule is COc1ccc(Cl)cc1NC(C)c1cc(Cl)sc1Cl. The first-order valence-electron chi connectivity index (χ1n) is 5.56. The fourth-order valence-corrected chi connectivity index (χ4v) is 3.57. The fraction of sp³-hybridized carbons (Fsp3) is 0.231. The molecule has 1 N–H and O–H groups in total. The average Bonchev–Trinajstić information content (AvgIpc) is 2.69. The van der Waals surface area contributed by atoms with Gasteiger partial charge in [-0.05, 0) is 31.2 Å². The van der Waals surface area contributed by atoms with Gasteiger partial charge in [-0.1, -0.05) is 34.8 Å². The highest BCUT2D eigenvalue weighted by molar-refractivity contribution is 7.20. The zero-order chi connectivity index (χ0) is 14.0. The van der Waals surface area contributed by atoms with Gasteiger partial charge in [0.2, 0.25) is 0 Å². The van der Waals surface area contributed by atoms with E-state index < -0.39 is 0 Å². The Labute approximate surface area is 131 Å². The van der Waals surface area contributed by atoms with Crippen molar-refractivity contribution in [2.45, 2.75) is 13.0 Å². The molecule has 0 fully saturated rings. The van der Waals surface area contributed by atoms with Crippen molar-refractivity contribution in [3.05, 3.63) is 43.5 Å². The Balaban J connectivity index is 2.25. The average molecular weight is 337 g/mol. The standard InChI is InChI=1S/C13H12Cl3NOS/c1-7(9-6-12(15)19-13(9)16)17-10-5-8(14)3-4-11(10)18-2/h3-7,17H,1-2H3. The molecule has 0 radical (unpaired) electrons. The Morgan fingerprint density at radius 2 is 1.95 bits per heavy atom. The van der Waals surface area contributed by atoms with Gasteiger partial charge in [0, 0.05) is 10.6 Å². The maximum Gasteiger partial charge on any atom is 0.142 e. The lowest BCUT2D eigenvalue weighted by Crippen LogP contribution is -2.07. The second kappa shape index (κ2) is 6.23. The number of ether oxygens (including phenoxy) is 1. The van der Waals surface area contributed by atoms with Gasteiger partial charge in [-0.3, -0.25) is 0 Å². The topological polar surface area (TPSA) is 21.3 Å². The van der Waals surface area contributed by atoms with Crippen molar-refractivity contribution >= 4 is 51.8 Å². The number of rotatable bonds is 4. The van der Waals surface area contributed by atoms with E-state index in [1.165, 1.54) is 11.3 Å². The molecule has 2 rings (SSSR count). The largest absolute Gasteiger partial charge is 0.495 e. The van der Waals surface area contributed by atoms with Crippen LogP contribution in [0.4, 0.5) is 5.69 Å². The summed E-state index contributed by atoms with van der Waals surface area (Å²) in [5, 5.41) is 3.97. The molecule has 2 nitrogen and oxygen atoms in total. The molecule has 1 unspecified atom stereocenters. The maximum absolute atomic E-state index is 6.15. The molecule has 0 saturated carbocycles. The molecule has 0 aliphatic carbocycles. The van der Waals surface area contributed by atoms with E-state index in [0.717, 1.165) is 17.0 Å². The van der Waals surface area contributed by atoms with Crippen molar-refractivity contribution in [2.75, 3.05) is 12.4 Å². The van der Waals surface area contributed by atoms with Crippen LogP contribution in [0.25, 0.3) is 0 Å². The summed E-state index contributed by atoms with van der Waals surface area (Å²) in [5.41, 5.74) is 1.78. The summed E-state index contributed by atoms with van der Waals surface area (Å²) in [6, 6.07) is 7.29. The molecule has 0 aliphatic heterocycles. The van der Waals surface area contributed by atoms with E-state index in [0.29, 0.717) is 13.7 Å². The lowest BCUT2D eigenvalue weighted by Gasteiger charge is -2.17. The Morgan fingerprint density at radius 1 is 1.21 bits per heavy atom. The molecule has 0 spiro atoms. The maximum atomic E-state index is 6.15. The molecule has 0 aliphatic rings. The number of anilines is 1. The van der Waals surface area contributed by atoms with Crippen LogP contribution < -0.4 is 10.1 Å². The van der Waals surface area contributed by atoms with Crippen molar-refractivity contribution in [1.29, 1.82) is 0 Å². The van der Waals surface area contributed by atoms with Crippen molar-refractivity contribution in [3.8, 4) is 5.75 Å². The number of thiophene rings is 1. The summed E-state index contributed by atoms with van der Waals surface area (Å²) in [6.45, 7) is 2.00. The van der Waals surface area contributed by atoms with Crippen LogP contribution in [0.5, 0.6) is 5.75 Å². The van der Waals surface area contributed by atoms with Gasteiger partial charge in [-0.25, -0.2) is 0 Å². The second-order valence-corrected chi connectivity index (χ2v) is 6.71. The van der Waals surface area contributed by atoms with Gasteiger partial charge in [0.15, 0.2) is 0 Å². The molecule has 102 valence electrons. The van der Waals surface area contributed by atoms with Gasteiger partial charge in [0.1, 0.15) is 5.75 Å². The molecule has 1 aromatic carbocycles. The predicted octanol–water partition coefficient (Wildman–Crippen LogP) is 5.89. The highest BCUT2D eigenvalue weighted by Crippen LogP contribution is 2.37. The zero-order valence-corrected chi connectivity index (χ0v) is 13.4. The van der Waals surface area contributed by atoms with Gasteiger partial charge >= 0.3 is 0 Å². The van der Waals surface area contributed by atoms with Gasteiger partial charge < -0.3 is 10.1 Å². The molecular formula is C13H12Cl3NOS. The minimum absolute atomic E-state index is 0.00335. The van der Waals surface area contributed by atoms with Crippen LogP contribution in [-0.4, -0.2) is 7.11 Å². The summed E-state index contributed by atoms with van der Waals surface area (Å²) in [5.74, 6) is 0.730. The molecular weight excluding hydrogens is 325 g/mol. The van der Waals surface area contributed by atoms with Crippen molar-refractivity contribution in [1.82, 2.24) is 0 Å². The molecule has 0 saturated heterocycles. The molecule has 6 heteroatoms. The van der Waals surface area contributed by atoms with Crippen molar-refractivity contribution < 1.29 is 4.74 Å². The van der Waals surface area contributed by atoms with E-state index in [-0.39, 0.29) is 6.04 Å². The second-order valence-electron chi connectivity index (χ2n) is 3.99. The Morgan fingerprint density at radius 3 is 2.53 bits per heavy atom. The predicted molar refractivity (Wildman–Crippen MR) is 84.4 cm³/mol. The molecule has 1 aromatic heterocycles. The smallest absolute Gasteiger partial charge is 0.142 e. The van der Waals surface area contributed by atoms with Crippen LogP contribution in [0.2, 0.25) is 13.7 Å². The molecule has 2 aromatic rings. The summed E-state index contributed by atoms with van der Waals surface area (Å²) >= 11 is 19.5. The first kappa shape index (κ1) is 14.8. The minimum Gasteiger partial charge on any atom is -0.495 e. The Bertz CT molecular complexity index is 585. The van der Waals surface area contributed by atoms with Gasteiger partial charge in [0.05, 0.1) is 27.5 Å². The van der Waals surface area contributed by atoms with Crippen LogP contribution >= 0.6 is 46.1 Å². The third-order valence-corrected chi connectivity index (χ3v) is 4.44. The number of hydrogen-bond acceptors (Lipinski definition) is 3. The zero-order valence-electron chi connectivity index (χ0n) is 10.3. The van der Waals surface area contributed by atoms with Crippen LogP contribution in [0, 0.1) is 0 Å². The number of hydrogen-bond donors (Lipinski definition) is 1. The first-order valence-corrected chi connectivity index (χ1v) is 7.51. The highest BCUT2D eigenvalue weighted by atomic mass is 35.5. The molecule has 19 heavy (non-hydrogen) atoms.